The summed E-state index contributed by atoms with van der Waals surface area (Å²) in [5.74, 6) is -2.14. The monoisotopic (exact) mass is 303 g/mol. The first-order valence-corrected chi connectivity index (χ1v) is 8.87. The van der Waals surface area contributed by atoms with E-state index in [2.05, 4.69) is 0 Å². The molecule has 1 N–H and O–H groups in total. The summed E-state index contributed by atoms with van der Waals surface area (Å²) >= 11 is 0. The van der Waals surface area contributed by atoms with E-state index in [1.165, 1.54) is 4.90 Å². The fourth-order valence-corrected chi connectivity index (χ4v) is 4.90. The molecule has 0 aromatic carbocycles. The molecule has 1 aliphatic heterocycles. The molecule has 1 saturated carbocycles. The van der Waals surface area contributed by atoms with E-state index in [-0.39, 0.29) is 0 Å². The Morgan fingerprint density at radius 3 is 2.25 bits per heavy atom. The van der Waals surface area contributed by atoms with Crippen molar-refractivity contribution in [2.24, 2.45) is 0 Å². The molecule has 2 fully saturated rings. The van der Waals surface area contributed by atoms with Gasteiger partial charge in [0.2, 0.25) is 5.91 Å². The first-order chi connectivity index (χ1) is 9.42. The average molecular weight is 303 g/mol. The van der Waals surface area contributed by atoms with Gasteiger partial charge in [0.1, 0.15) is 11.8 Å². The predicted molar refractivity (Wildman–Crippen MR) is 73.0 cm³/mol. The van der Waals surface area contributed by atoms with Crippen LogP contribution in [0.25, 0.3) is 0 Å². The maximum atomic E-state index is 12.2. The molecule has 20 heavy (non-hydrogen) atoms. The van der Waals surface area contributed by atoms with Crippen molar-refractivity contribution in [2.45, 2.75) is 56.2 Å². The smallest absolute Gasteiger partial charge is 0.326 e. The van der Waals surface area contributed by atoms with Crippen molar-refractivity contribution in [3.63, 3.8) is 0 Å². The molecule has 0 aromatic rings. The molecular formula is C13H21NO5S. The number of carbonyl (C=O) groups excluding carboxylic acids is 1. The van der Waals surface area contributed by atoms with Crippen molar-refractivity contribution in [1.29, 1.82) is 0 Å². The minimum atomic E-state index is -3.44. The molecule has 2 rings (SSSR count). The van der Waals surface area contributed by atoms with E-state index < -0.39 is 38.8 Å². The van der Waals surface area contributed by atoms with Gasteiger partial charge in [-0.2, -0.15) is 0 Å². The van der Waals surface area contributed by atoms with E-state index >= 15 is 0 Å². The van der Waals surface area contributed by atoms with Crippen molar-refractivity contribution in [1.82, 2.24) is 4.90 Å². The van der Waals surface area contributed by atoms with E-state index in [1.807, 2.05) is 0 Å². The zero-order chi connectivity index (χ0) is 14.8. The Hall–Kier alpha value is -1.11. The lowest BCUT2D eigenvalue weighted by atomic mass is 10.0. The van der Waals surface area contributed by atoms with Crippen molar-refractivity contribution >= 4 is 21.7 Å². The minimum absolute atomic E-state index is 0.343. The first-order valence-electron chi connectivity index (χ1n) is 7.15. The highest BCUT2D eigenvalue weighted by Gasteiger charge is 2.36. The molecule has 1 amide bonds. The average Bonchev–Trinajstić information content (AvgIpc) is 2.92. The van der Waals surface area contributed by atoms with Crippen LogP contribution in [-0.4, -0.2) is 53.9 Å². The summed E-state index contributed by atoms with van der Waals surface area (Å²) in [5, 5.41) is 8.71. The number of likely N-dealkylation sites (tertiary alicyclic amines) is 1. The lowest BCUT2D eigenvalue weighted by Crippen LogP contribution is -2.50. The van der Waals surface area contributed by atoms with E-state index in [0.29, 0.717) is 25.8 Å². The second-order valence-electron chi connectivity index (χ2n) is 5.65. The van der Waals surface area contributed by atoms with Crippen LogP contribution in [0.5, 0.6) is 0 Å². The van der Waals surface area contributed by atoms with E-state index in [4.69, 9.17) is 5.11 Å². The van der Waals surface area contributed by atoms with Crippen molar-refractivity contribution in [2.75, 3.05) is 12.3 Å². The maximum Gasteiger partial charge on any atom is 0.326 e. The summed E-state index contributed by atoms with van der Waals surface area (Å²) < 4.78 is 24.3. The van der Waals surface area contributed by atoms with Crippen LogP contribution in [0.3, 0.4) is 0 Å². The van der Waals surface area contributed by atoms with Gasteiger partial charge in [0.05, 0.1) is 5.25 Å². The van der Waals surface area contributed by atoms with Gasteiger partial charge in [-0.3, -0.25) is 4.79 Å². The quantitative estimate of drug-likeness (QED) is 0.829. The van der Waals surface area contributed by atoms with Crippen LogP contribution in [0.15, 0.2) is 0 Å². The largest absolute Gasteiger partial charge is 0.480 e. The van der Waals surface area contributed by atoms with Gasteiger partial charge in [-0.25, -0.2) is 13.2 Å². The first kappa shape index (κ1) is 15.3. The molecule has 0 spiro atoms. The number of carbonyl (C=O) groups is 2. The number of rotatable bonds is 4. The van der Waals surface area contributed by atoms with Crippen LogP contribution < -0.4 is 0 Å². The highest BCUT2D eigenvalue weighted by atomic mass is 32.2. The predicted octanol–water partition coefficient (Wildman–Crippen LogP) is 0.809. The second-order valence-corrected chi connectivity index (χ2v) is 7.93. The third kappa shape index (κ3) is 3.31. The van der Waals surface area contributed by atoms with Crippen LogP contribution in [0, 0.1) is 0 Å². The van der Waals surface area contributed by atoms with Crippen molar-refractivity contribution in [3.05, 3.63) is 0 Å². The molecule has 0 unspecified atom stereocenters. The number of aliphatic carboxylic acids is 1. The van der Waals surface area contributed by atoms with Crippen molar-refractivity contribution in [3.8, 4) is 0 Å². The van der Waals surface area contributed by atoms with Gasteiger partial charge in [-0.05, 0) is 32.1 Å². The summed E-state index contributed by atoms with van der Waals surface area (Å²) in [6.45, 7) is 0.343. The van der Waals surface area contributed by atoms with E-state index in [1.54, 1.807) is 0 Å². The lowest BCUT2D eigenvalue weighted by Gasteiger charge is -2.33. The Labute approximate surface area is 119 Å². The van der Waals surface area contributed by atoms with Crippen LogP contribution in [0.4, 0.5) is 0 Å². The van der Waals surface area contributed by atoms with Gasteiger partial charge >= 0.3 is 5.97 Å². The van der Waals surface area contributed by atoms with E-state index in [0.717, 1.165) is 25.7 Å². The Balaban J connectivity index is 2.04. The summed E-state index contributed by atoms with van der Waals surface area (Å²) in [4.78, 5) is 24.6. The molecule has 1 atom stereocenters. The highest BCUT2D eigenvalue weighted by Crippen LogP contribution is 2.26. The number of amides is 1. The van der Waals surface area contributed by atoms with Crippen LogP contribution in [0.1, 0.15) is 44.9 Å². The zero-order valence-electron chi connectivity index (χ0n) is 11.5. The third-order valence-electron chi connectivity index (χ3n) is 4.24. The Kier molecular flexibility index (Phi) is 4.67. The van der Waals surface area contributed by atoms with Crippen LogP contribution in [-0.2, 0) is 19.4 Å². The Bertz CT molecular complexity index is 481. The molecule has 0 radical (unpaired) electrons. The molecule has 114 valence electrons. The molecule has 7 heteroatoms. The van der Waals surface area contributed by atoms with E-state index in [9.17, 15) is 18.0 Å². The fraction of sp³-hybridized carbons (Fsp3) is 0.846. The SMILES string of the molecule is O=C(O)[C@H]1CCCCN1C(=O)CS(=O)(=O)C1CCCC1. The number of piperidine rings is 1. The number of carboxylic acid groups (broad SMARTS) is 1. The Morgan fingerprint density at radius 1 is 1.05 bits per heavy atom. The normalized spacial score (nSPS) is 24.8. The molecule has 1 saturated heterocycles. The summed E-state index contributed by atoms with van der Waals surface area (Å²) in [7, 11) is -3.44. The molecule has 0 bridgehead atoms. The van der Waals surface area contributed by atoms with Gasteiger partial charge in [0.15, 0.2) is 9.84 Å². The van der Waals surface area contributed by atoms with Gasteiger partial charge in [-0.1, -0.05) is 12.8 Å². The molecule has 1 aliphatic carbocycles. The fourth-order valence-electron chi connectivity index (χ4n) is 3.11. The summed E-state index contributed by atoms with van der Waals surface area (Å²) in [6, 6.07) is -0.866. The second kappa shape index (κ2) is 6.11. The zero-order valence-corrected chi connectivity index (χ0v) is 12.3. The molecule has 2 aliphatic rings. The van der Waals surface area contributed by atoms with Crippen molar-refractivity contribution < 1.29 is 23.1 Å². The number of carboxylic acids is 1. The van der Waals surface area contributed by atoms with Crippen LogP contribution in [0.2, 0.25) is 0 Å². The lowest BCUT2D eigenvalue weighted by molar-refractivity contribution is -0.151. The van der Waals surface area contributed by atoms with Crippen LogP contribution >= 0.6 is 0 Å². The van der Waals surface area contributed by atoms with Gasteiger partial charge in [-0.15, -0.1) is 0 Å². The Morgan fingerprint density at radius 2 is 1.65 bits per heavy atom. The van der Waals surface area contributed by atoms with Gasteiger partial charge < -0.3 is 10.0 Å². The van der Waals surface area contributed by atoms with Gasteiger partial charge in [0, 0.05) is 6.54 Å². The molecule has 1 heterocycles. The minimum Gasteiger partial charge on any atom is -0.480 e. The highest BCUT2D eigenvalue weighted by molar-refractivity contribution is 7.92. The van der Waals surface area contributed by atoms with Gasteiger partial charge in [0.25, 0.3) is 0 Å². The summed E-state index contributed by atoms with van der Waals surface area (Å²) in [6.07, 6.45) is 4.93. The third-order valence-corrected chi connectivity index (χ3v) is 6.38. The summed E-state index contributed by atoms with van der Waals surface area (Å²) in [5.41, 5.74) is 0. The number of hydrogen-bond donors (Lipinski definition) is 1. The number of sulfone groups is 1. The molecule has 0 aromatic heterocycles. The standard InChI is InChI=1S/C13H21NO5S/c15-12(9-20(18,19)10-5-1-2-6-10)14-8-4-3-7-11(14)13(16)17/h10-11H,1-9H2,(H,16,17)/t11-/m1/s1. The number of hydrogen-bond acceptors (Lipinski definition) is 4. The maximum absolute atomic E-state index is 12.2. The molecule has 6 nitrogen and oxygen atoms in total. The topological polar surface area (TPSA) is 91.8 Å². The number of nitrogens with zero attached hydrogens (tertiary/aromatic N) is 1. The molecular weight excluding hydrogens is 282 g/mol.